The third kappa shape index (κ3) is 4.75. The van der Waals surface area contributed by atoms with Gasteiger partial charge >= 0.3 is 0 Å². The molecule has 0 radical (unpaired) electrons. The van der Waals surface area contributed by atoms with Gasteiger partial charge in [0.1, 0.15) is 0 Å². The largest absolute Gasteiger partial charge is 0.348 e. The van der Waals surface area contributed by atoms with Crippen molar-refractivity contribution in [2.24, 2.45) is 0 Å². The molecule has 1 fully saturated rings. The molecule has 3 rings (SSSR count). The molecular weight excluding hydrogens is 374 g/mol. The number of piperidine rings is 1. The van der Waals surface area contributed by atoms with E-state index in [1.54, 1.807) is 18.2 Å². The molecule has 26 heavy (non-hydrogen) atoms. The molecule has 136 valence electrons. The number of rotatable bonds is 5. The van der Waals surface area contributed by atoms with Gasteiger partial charge in [-0.3, -0.25) is 14.9 Å². The molecule has 0 saturated carbocycles. The monoisotopic (exact) mass is 391 g/mol. The van der Waals surface area contributed by atoms with E-state index in [1.807, 2.05) is 12.1 Å². The average Bonchev–Trinajstić information content (AvgIpc) is 2.64. The highest BCUT2D eigenvalue weighted by molar-refractivity contribution is 7.99. The normalized spacial score (nSPS) is 16.9. The fourth-order valence-corrected chi connectivity index (χ4v) is 3.82. The summed E-state index contributed by atoms with van der Waals surface area (Å²) < 4.78 is 0. The number of nitrogens with one attached hydrogen (secondary N) is 2. The first-order valence-electron chi connectivity index (χ1n) is 8.26. The minimum absolute atomic E-state index is 0.0314. The number of nitro benzene ring substituents is 1. The van der Waals surface area contributed by atoms with E-state index in [4.69, 9.17) is 11.6 Å². The van der Waals surface area contributed by atoms with Gasteiger partial charge in [-0.05, 0) is 49.7 Å². The Hall–Kier alpha value is -2.09. The number of carbonyl (C=O) groups is 1. The van der Waals surface area contributed by atoms with E-state index in [1.165, 1.54) is 23.9 Å². The van der Waals surface area contributed by atoms with Crippen molar-refractivity contribution >= 4 is 35.0 Å². The van der Waals surface area contributed by atoms with Gasteiger partial charge in [-0.15, -0.1) is 0 Å². The Morgan fingerprint density at radius 1 is 1.27 bits per heavy atom. The first-order chi connectivity index (χ1) is 12.5. The molecule has 1 aliphatic heterocycles. The van der Waals surface area contributed by atoms with Crippen molar-refractivity contribution in [3.8, 4) is 0 Å². The van der Waals surface area contributed by atoms with Gasteiger partial charge in [0.05, 0.1) is 10.5 Å². The number of nitro groups is 1. The van der Waals surface area contributed by atoms with Crippen LogP contribution in [0.25, 0.3) is 0 Å². The average molecular weight is 392 g/mol. The van der Waals surface area contributed by atoms with Gasteiger partial charge in [-0.25, -0.2) is 0 Å². The lowest BCUT2D eigenvalue weighted by atomic mass is 10.1. The van der Waals surface area contributed by atoms with E-state index >= 15 is 0 Å². The van der Waals surface area contributed by atoms with Crippen LogP contribution in [0.5, 0.6) is 0 Å². The van der Waals surface area contributed by atoms with Crippen molar-refractivity contribution in [1.82, 2.24) is 10.6 Å². The fraction of sp³-hybridized carbons (Fsp3) is 0.278. The summed E-state index contributed by atoms with van der Waals surface area (Å²) in [5, 5.41) is 18.0. The zero-order valence-corrected chi connectivity index (χ0v) is 15.5. The molecule has 2 aromatic carbocycles. The van der Waals surface area contributed by atoms with E-state index in [2.05, 4.69) is 10.6 Å². The number of benzene rings is 2. The molecule has 0 aromatic heterocycles. The molecule has 6 nitrogen and oxygen atoms in total. The smallest absolute Gasteiger partial charge is 0.270 e. The first-order valence-corrected chi connectivity index (χ1v) is 9.46. The minimum Gasteiger partial charge on any atom is -0.348 e. The minimum atomic E-state index is -0.490. The van der Waals surface area contributed by atoms with Crippen LogP contribution < -0.4 is 10.6 Å². The van der Waals surface area contributed by atoms with Crippen molar-refractivity contribution in [2.75, 3.05) is 13.1 Å². The number of non-ortho nitro benzene ring substituents is 1. The maximum atomic E-state index is 12.8. The molecule has 1 aliphatic rings. The summed E-state index contributed by atoms with van der Waals surface area (Å²) in [4.78, 5) is 24.9. The molecule has 2 N–H and O–H groups in total. The Kier molecular flexibility index (Phi) is 6.13. The van der Waals surface area contributed by atoms with Crippen LogP contribution >= 0.6 is 23.4 Å². The summed E-state index contributed by atoms with van der Waals surface area (Å²) in [5.41, 5.74) is 0.210. The highest BCUT2D eigenvalue weighted by Gasteiger charge is 2.21. The Labute approximate surface area is 160 Å². The molecule has 8 heteroatoms. The lowest BCUT2D eigenvalue weighted by Crippen LogP contribution is -2.45. The number of hydrogen-bond donors (Lipinski definition) is 2. The van der Waals surface area contributed by atoms with Crippen molar-refractivity contribution in [1.29, 1.82) is 0 Å². The Morgan fingerprint density at radius 2 is 2.04 bits per heavy atom. The maximum absolute atomic E-state index is 12.8. The maximum Gasteiger partial charge on any atom is 0.270 e. The van der Waals surface area contributed by atoms with E-state index in [9.17, 15) is 14.9 Å². The van der Waals surface area contributed by atoms with Gasteiger partial charge in [0.15, 0.2) is 0 Å². The van der Waals surface area contributed by atoms with Crippen LogP contribution in [0.2, 0.25) is 5.02 Å². The first kappa shape index (κ1) is 18.7. The third-order valence-corrected chi connectivity index (χ3v) is 5.43. The molecule has 1 amide bonds. The number of hydrogen-bond acceptors (Lipinski definition) is 5. The SMILES string of the molecule is O=C(N[C@H]1CCCNC1)c1cc([N+](=O)[O-])ccc1Sc1ccc(Cl)cc1. The van der Waals surface area contributed by atoms with Crippen molar-refractivity contribution in [3.05, 3.63) is 63.2 Å². The Morgan fingerprint density at radius 3 is 2.69 bits per heavy atom. The molecular formula is C18H18ClN3O3S. The molecule has 1 saturated heterocycles. The van der Waals surface area contributed by atoms with Gasteiger partial charge in [0.2, 0.25) is 0 Å². The standard InChI is InChI=1S/C18H18ClN3O3S/c19-12-3-6-15(7-4-12)26-17-8-5-14(22(24)25)10-16(17)18(23)21-13-2-1-9-20-11-13/h3-8,10,13,20H,1-2,9,11H2,(H,21,23)/t13-/m0/s1. The second-order valence-electron chi connectivity index (χ2n) is 6.01. The number of nitrogens with zero attached hydrogens (tertiary/aromatic N) is 1. The van der Waals surface area contributed by atoms with E-state index in [0.29, 0.717) is 22.0 Å². The van der Waals surface area contributed by atoms with E-state index in [-0.39, 0.29) is 17.6 Å². The van der Waals surface area contributed by atoms with Gasteiger partial charge in [0.25, 0.3) is 11.6 Å². The quantitative estimate of drug-likeness (QED) is 0.596. The highest BCUT2D eigenvalue weighted by Crippen LogP contribution is 2.33. The van der Waals surface area contributed by atoms with Gasteiger partial charge in [-0.1, -0.05) is 23.4 Å². The summed E-state index contributed by atoms with van der Waals surface area (Å²) in [6, 6.07) is 11.6. The van der Waals surface area contributed by atoms with Gasteiger partial charge < -0.3 is 10.6 Å². The van der Waals surface area contributed by atoms with E-state index < -0.39 is 4.92 Å². The summed E-state index contributed by atoms with van der Waals surface area (Å²) >= 11 is 7.28. The van der Waals surface area contributed by atoms with Crippen molar-refractivity contribution < 1.29 is 9.72 Å². The summed E-state index contributed by atoms with van der Waals surface area (Å²) in [6.07, 6.45) is 1.89. The molecule has 2 aromatic rings. The van der Waals surface area contributed by atoms with Crippen LogP contribution in [0.15, 0.2) is 52.3 Å². The number of halogens is 1. The third-order valence-electron chi connectivity index (χ3n) is 4.09. The van der Waals surface area contributed by atoms with Crippen LogP contribution in [0.3, 0.4) is 0 Å². The van der Waals surface area contributed by atoms with Gasteiger partial charge in [0, 0.05) is 39.5 Å². The zero-order chi connectivity index (χ0) is 18.5. The van der Waals surface area contributed by atoms with Crippen molar-refractivity contribution in [3.63, 3.8) is 0 Å². The molecule has 0 aliphatic carbocycles. The predicted octanol–water partition coefficient (Wildman–Crippen LogP) is 3.88. The fourth-order valence-electron chi connectivity index (χ4n) is 2.77. The lowest BCUT2D eigenvalue weighted by molar-refractivity contribution is -0.384. The van der Waals surface area contributed by atoms with Crippen LogP contribution in [-0.4, -0.2) is 30.0 Å². The van der Waals surface area contributed by atoms with Crippen LogP contribution in [0, 0.1) is 10.1 Å². The molecule has 1 heterocycles. The van der Waals surface area contributed by atoms with Crippen LogP contribution in [0.4, 0.5) is 5.69 Å². The molecule has 0 bridgehead atoms. The van der Waals surface area contributed by atoms with Crippen LogP contribution in [-0.2, 0) is 0 Å². The molecule has 0 unspecified atom stereocenters. The second-order valence-corrected chi connectivity index (χ2v) is 7.56. The van der Waals surface area contributed by atoms with E-state index in [0.717, 1.165) is 24.3 Å². The molecule has 1 atom stereocenters. The zero-order valence-electron chi connectivity index (χ0n) is 13.9. The van der Waals surface area contributed by atoms with Crippen LogP contribution in [0.1, 0.15) is 23.2 Å². The molecule has 0 spiro atoms. The number of amides is 1. The number of carbonyl (C=O) groups excluding carboxylic acids is 1. The highest BCUT2D eigenvalue weighted by atomic mass is 35.5. The van der Waals surface area contributed by atoms with Crippen molar-refractivity contribution in [2.45, 2.75) is 28.7 Å². The Bertz CT molecular complexity index is 808. The Balaban J connectivity index is 1.86. The summed E-state index contributed by atoms with van der Waals surface area (Å²) in [5.74, 6) is -0.293. The topological polar surface area (TPSA) is 84.3 Å². The van der Waals surface area contributed by atoms with Gasteiger partial charge in [-0.2, -0.15) is 0 Å². The second kappa shape index (κ2) is 8.53. The summed E-state index contributed by atoms with van der Waals surface area (Å²) in [7, 11) is 0. The summed E-state index contributed by atoms with van der Waals surface area (Å²) in [6.45, 7) is 1.65. The lowest BCUT2D eigenvalue weighted by Gasteiger charge is -2.24. The predicted molar refractivity (Wildman–Crippen MR) is 102 cm³/mol.